The molecule has 16 heavy (non-hydrogen) atoms. The summed E-state index contributed by atoms with van der Waals surface area (Å²) in [6.07, 6.45) is 1.50. The molecule has 0 aliphatic rings. The van der Waals surface area contributed by atoms with E-state index in [1.54, 1.807) is 18.2 Å². The third kappa shape index (κ3) is 1.70. The van der Waals surface area contributed by atoms with E-state index in [2.05, 4.69) is 15.3 Å². The average Bonchev–Trinajstić information content (AvgIpc) is 2.71. The van der Waals surface area contributed by atoms with Crippen LogP contribution in [-0.4, -0.2) is 27.7 Å². The van der Waals surface area contributed by atoms with Crippen molar-refractivity contribution < 1.29 is 9.32 Å². The fraction of sp³-hybridized carbons (Fsp3) is 0.111. The minimum Gasteiger partial charge on any atom is -0.351 e. The molecule has 2 aromatic heterocycles. The summed E-state index contributed by atoms with van der Waals surface area (Å²) in [5, 5.41) is 2.31. The van der Waals surface area contributed by atoms with E-state index in [-0.39, 0.29) is 11.7 Å². The zero-order valence-corrected chi connectivity index (χ0v) is 8.38. The maximum Gasteiger partial charge on any atom is 0.386 e. The standard InChI is InChI=1S/C9H8N4O3/c1-10-7(14)8-12-9(15)13(16-8)6-4-2-3-5-11-6/h2-5H,1H3,(H,10,14). The number of pyridine rings is 1. The number of nitrogens with one attached hydrogen (secondary N) is 1. The van der Waals surface area contributed by atoms with E-state index in [0.717, 1.165) is 4.74 Å². The van der Waals surface area contributed by atoms with Crippen molar-refractivity contribution >= 4 is 5.91 Å². The molecule has 1 amide bonds. The Labute approximate surface area is 89.7 Å². The molecule has 0 atom stereocenters. The molecule has 0 unspecified atom stereocenters. The first-order chi connectivity index (χ1) is 7.72. The minimum absolute atomic E-state index is 0.273. The molecular weight excluding hydrogens is 212 g/mol. The van der Waals surface area contributed by atoms with Gasteiger partial charge in [-0.2, -0.15) is 0 Å². The quantitative estimate of drug-likeness (QED) is 0.742. The number of carbonyl (C=O) groups is 1. The van der Waals surface area contributed by atoms with E-state index < -0.39 is 11.6 Å². The second-order valence-corrected chi connectivity index (χ2v) is 2.85. The second kappa shape index (κ2) is 3.97. The highest BCUT2D eigenvalue weighted by molar-refractivity contribution is 5.89. The summed E-state index contributed by atoms with van der Waals surface area (Å²) in [6, 6.07) is 4.96. The molecule has 0 saturated carbocycles. The largest absolute Gasteiger partial charge is 0.386 e. The molecule has 0 saturated heterocycles. The first-order valence-electron chi connectivity index (χ1n) is 4.46. The summed E-state index contributed by atoms with van der Waals surface area (Å²) < 4.78 is 5.82. The number of aromatic nitrogens is 3. The molecule has 82 valence electrons. The number of carbonyl (C=O) groups excluding carboxylic acids is 1. The van der Waals surface area contributed by atoms with Crippen molar-refractivity contribution in [1.29, 1.82) is 0 Å². The number of hydrogen-bond acceptors (Lipinski definition) is 5. The fourth-order valence-corrected chi connectivity index (χ4v) is 1.10. The predicted octanol–water partition coefficient (Wildman–Crippen LogP) is -0.420. The highest BCUT2D eigenvalue weighted by atomic mass is 16.5. The van der Waals surface area contributed by atoms with Crippen molar-refractivity contribution in [3.8, 4) is 5.82 Å². The Balaban J connectivity index is 2.48. The third-order valence-electron chi connectivity index (χ3n) is 1.83. The molecule has 0 aromatic carbocycles. The molecule has 0 fully saturated rings. The molecule has 0 bridgehead atoms. The lowest BCUT2D eigenvalue weighted by Gasteiger charge is -1.95. The molecule has 0 aliphatic heterocycles. The van der Waals surface area contributed by atoms with Gasteiger partial charge in [-0.3, -0.25) is 4.79 Å². The Hall–Kier alpha value is -2.44. The van der Waals surface area contributed by atoms with E-state index in [1.807, 2.05) is 0 Å². The Morgan fingerprint density at radius 1 is 1.50 bits per heavy atom. The smallest absolute Gasteiger partial charge is 0.351 e. The molecule has 2 aromatic rings. The van der Waals surface area contributed by atoms with Gasteiger partial charge in [0.05, 0.1) is 0 Å². The van der Waals surface area contributed by atoms with E-state index in [9.17, 15) is 9.59 Å². The SMILES string of the molecule is CNC(=O)c1nc(=O)n(-c2ccccn2)o1. The van der Waals surface area contributed by atoms with E-state index in [0.29, 0.717) is 0 Å². The molecule has 0 radical (unpaired) electrons. The summed E-state index contributed by atoms with van der Waals surface area (Å²) in [6.45, 7) is 0. The monoisotopic (exact) mass is 220 g/mol. The number of amides is 1. The van der Waals surface area contributed by atoms with Crippen molar-refractivity contribution in [2.75, 3.05) is 7.05 Å². The average molecular weight is 220 g/mol. The van der Waals surface area contributed by atoms with Gasteiger partial charge in [0.1, 0.15) is 0 Å². The normalized spacial score (nSPS) is 10.1. The first-order valence-corrected chi connectivity index (χ1v) is 4.46. The van der Waals surface area contributed by atoms with Crippen molar-refractivity contribution in [3.05, 3.63) is 40.8 Å². The van der Waals surface area contributed by atoms with Crippen LogP contribution in [0, 0.1) is 0 Å². The summed E-state index contributed by atoms with van der Waals surface area (Å²) in [7, 11) is 1.42. The second-order valence-electron chi connectivity index (χ2n) is 2.85. The summed E-state index contributed by atoms with van der Waals surface area (Å²) >= 11 is 0. The number of nitrogens with zero attached hydrogens (tertiary/aromatic N) is 3. The maximum absolute atomic E-state index is 11.4. The minimum atomic E-state index is -0.683. The predicted molar refractivity (Wildman–Crippen MR) is 53.3 cm³/mol. The zero-order chi connectivity index (χ0) is 11.5. The van der Waals surface area contributed by atoms with Gasteiger partial charge in [0.25, 0.3) is 0 Å². The van der Waals surface area contributed by atoms with Crippen molar-refractivity contribution in [2.45, 2.75) is 0 Å². The fourth-order valence-electron chi connectivity index (χ4n) is 1.10. The Morgan fingerprint density at radius 2 is 2.31 bits per heavy atom. The van der Waals surface area contributed by atoms with Crippen LogP contribution >= 0.6 is 0 Å². The van der Waals surface area contributed by atoms with Crippen LogP contribution in [0.1, 0.15) is 10.7 Å². The molecule has 1 N–H and O–H groups in total. The van der Waals surface area contributed by atoms with Crippen LogP contribution in [0.2, 0.25) is 0 Å². The topological polar surface area (TPSA) is 90.0 Å². The summed E-state index contributed by atoms with van der Waals surface area (Å²) in [5.74, 6) is -0.583. The Kier molecular flexibility index (Phi) is 2.50. The zero-order valence-electron chi connectivity index (χ0n) is 8.38. The lowest BCUT2D eigenvalue weighted by molar-refractivity contribution is 0.0912. The highest BCUT2D eigenvalue weighted by Gasteiger charge is 2.15. The summed E-state index contributed by atoms with van der Waals surface area (Å²) in [4.78, 5) is 29.9. The molecule has 7 heteroatoms. The van der Waals surface area contributed by atoms with Gasteiger partial charge >= 0.3 is 17.5 Å². The Bertz CT molecular complexity index is 558. The van der Waals surface area contributed by atoms with E-state index in [1.165, 1.54) is 13.2 Å². The molecule has 0 spiro atoms. The lowest BCUT2D eigenvalue weighted by Crippen LogP contribution is -2.19. The number of rotatable bonds is 2. The van der Waals surface area contributed by atoms with Crippen LogP contribution in [0.15, 0.2) is 33.7 Å². The lowest BCUT2D eigenvalue weighted by atomic mass is 10.5. The van der Waals surface area contributed by atoms with Gasteiger partial charge in [-0.15, -0.1) is 9.72 Å². The molecule has 0 aliphatic carbocycles. The van der Waals surface area contributed by atoms with Gasteiger partial charge < -0.3 is 9.84 Å². The van der Waals surface area contributed by atoms with Crippen LogP contribution in [0.4, 0.5) is 0 Å². The highest BCUT2D eigenvalue weighted by Crippen LogP contribution is 2.00. The maximum atomic E-state index is 11.4. The molecule has 2 rings (SSSR count). The van der Waals surface area contributed by atoms with E-state index in [4.69, 9.17) is 4.52 Å². The number of hydrogen-bond donors (Lipinski definition) is 1. The first kappa shape index (κ1) is 10.1. The molecular formula is C9H8N4O3. The van der Waals surface area contributed by atoms with Gasteiger partial charge in [-0.05, 0) is 12.1 Å². The van der Waals surface area contributed by atoms with Gasteiger partial charge in [-0.1, -0.05) is 6.07 Å². The van der Waals surface area contributed by atoms with Gasteiger partial charge in [0.2, 0.25) is 0 Å². The molecule has 2 heterocycles. The van der Waals surface area contributed by atoms with Gasteiger partial charge in [-0.25, -0.2) is 9.78 Å². The van der Waals surface area contributed by atoms with Gasteiger partial charge in [0.15, 0.2) is 5.82 Å². The Morgan fingerprint density at radius 3 is 2.94 bits per heavy atom. The third-order valence-corrected chi connectivity index (χ3v) is 1.83. The van der Waals surface area contributed by atoms with E-state index >= 15 is 0 Å². The van der Waals surface area contributed by atoms with Crippen LogP contribution in [0.5, 0.6) is 0 Å². The summed E-state index contributed by atoms with van der Waals surface area (Å²) in [5.41, 5.74) is -0.683. The van der Waals surface area contributed by atoms with Crippen LogP contribution < -0.4 is 11.0 Å². The van der Waals surface area contributed by atoms with Crippen molar-refractivity contribution in [2.24, 2.45) is 0 Å². The van der Waals surface area contributed by atoms with Crippen LogP contribution in [-0.2, 0) is 0 Å². The van der Waals surface area contributed by atoms with Crippen molar-refractivity contribution in [3.63, 3.8) is 0 Å². The van der Waals surface area contributed by atoms with Crippen molar-refractivity contribution in [1.82, 2.24) is 20.0 Å². The van der Waals surface area contributed by atoms with Gasteiger partial charge in [0, 0.05) is 13.2 Å². The molecule has 7 nitrogen and oxygen atoms in total. The van der Waals surface area contributed by atoms with Crippen LogP contribution in [0.25, 0.3) is 5.82 Å². The van der Waals surface area contributed by atoms with Crippen LogP contribution in [0.3, 0.4) is 0 Å².